The molecule has 0 heterocycles. The third kappa shape index (κ3) is 32.9. The predicted molar refractivity (Wildman–Crippen MR) is 399 cm³/mol. The Kier molecular flexibility index (Phi) is 39.1. The molecule has 0 aliphatic carbocycles. The summed E-state index contributed by atoms with van der Waals surface area (Å²) in [5.41, 5.74) is 10.3. The summed E-state index contributed by atoms with van der Waals surface area (Å²) in [6.45, 7) is 35.1. The van der Waals surface area contributed by atoms with Gasteiger partial charge in [0.05, 0.1) is 79.4 Å². The lowest BCUT2D eigenvalue weighted by molar-refractivity contribution is 0.238. The first-order valence-electron chi connectivity index (χ1n) is 28.3. The second-order valence-corrected chi connectivity index (χ2v) is 37.7. The van der Waals surface area contributed by atoms with Gasteiger partial charge in [-0.1, -0.05) is 147 Å². The largest absolute Gasteiger partial charge is 0.396 e. The van der Waals surface area contributed by atoms with Crippen molar-refractivity contribution in [3.05, 3.63) is 172 Å². The van der Waals surface area contributed by atoms with Crippen LogP contribution in [0.4, 0.5) is 0 Å². The summed E-state index contributed by atoms with van der Waals surface area (Å²) in [4.78, 5) is 4.14. The number of hydrogen-bond donors (Lipinski definition) is 7. The Hall–Kier alpha value is -1.71. The van der Waals surface area contributed by atoms with E-state index in [2.05, 4.69) is 142 Å². The molecular weight excluding hydrogens is 1540 g/mol. The Bertz CT molecular complexity index is 3130. The maximum Gasteiger partial charge on any atom is 0.145 e. The van der Waals surface area contributed by atoms with Crippen LogP contribution in [-0.4, -0.2) is 81.8 Å². The molecule has 0 aromatic heterocycles. The number of aliphatic hydroxyl groups is 3. The molecule has 8 atom stereocenters. The summed E-state index contributed by atoms with van der Waals surface area (Å²) in [5, 5.41) is 34.6. The summed E-state index contributed by atoms with van der Waals surface area (Å²) in [5.74, 6) is 0. The van der Waals surface area contributed by atoms with Crippen LogP contribution in [0.3, 0.4) is 0 Å². The van der Waals surface area contributed by atoms with E-state index in [0.717, 1.165) is 62.3 Å². The molecular formula is C65H97Br5N6O7S5. The monoisotopic (exact) mass is 1630 g/mol. The minimum atomic E-state index is -1.20. The Balaban J connectivity index is 0.00000105. The summed E-state index contributed by atoms with van der Waals surface area (Å²) in [6.07, 6.45) is 2.49. The average Bonchev–Trinajstić information content (AvgIpc) is 3.02. The lowest BCUT2D eigenvalue weighted by Gasteiger charge is -2.33. The summed E-state index contributed by atoms with van der Waals surface area (Å²) in [7, 11) is -4.66. The SMILES string of the molecule is CC(=N[S@](=O)C(C)(C)C)c1cccc(Br)c1.CC(C)(C)[S@@](=O)N[C@@](C)(CCO)c1cccc(Br)c1.CC(C)(C)[S@](N)=O.CC[C@](C)(N[S@](=O)C(C)(C)C)c1cccc(Br)c1.C[C@@](CCO)(N=C=S)c1cccc(Br)c1.C[C@](N)(CCO)c1cccc(Br)c1. The fourth-order valence-electron chi connectivity index (χ4n) is 6.85. The van der Waals surface area contributed by atoms with Crippen molar-refractivity contribution in [2.24, 2.45) is 20.3 Å². The molecule has 0 bridgehead atoms. The van der Waals surface area contributed by atoms with E-state index in [4.69, 9.17) is 21.1 Å². The number of nitrogens with zero attached hydrogens (tertiary/aromatic N) is 2. The molecule has 0 unspecified atom stereocenters. The van der Waals surface area contributed by atoms with E-state index < -0.39 is 60.6 Å². The van der Waals surface area contributed by atoms with Gasteiger partial charge in [-0.2, -0.15) is 4.40 Å². The molecule has 5 aromatic carbocycles. The van der Waals surface area contributed by atoms with E-state index in [0.29, 0.717) is 19.3 Å². The van der Waals surface area contributed by atoms with Gasteiger partial charge in [0.15, 0.2) is 0 Å². The van der Waals surface area contributed by atoms with E-state index in [-0.39, 0.29) is 44.3 Å². The van der Waals surface area contributed by atoms with Gasteiger partial charge in [0, 0.05) is 54.1 Å². The van der Waals surface area contributed by atoms with Crippen LogP contribution in [0.25, 0.3) is 0 Å². The Morgan fingerprint density at radius 2 is 0.852 bits per heavy atom. The van der Waals surface area contributed by atoms with E-state index in [1.54, 1.807) is 0 Å². The second-order valence-electron chi connectivity index (χ2n) is 25.3. The highest BCUT2D eigenvalue weighted by atomic mass is 79.9. The highest BCUT2D eigenvalue weighted by Gasteiger charge is 2.33. The van der Waals surface area contributed by atoms with Gasteiger partial charge in [-0.3, -0.25) is 5.14 Å². The number of aliphatic imine (C=N–C) groups is 1. The van der Waals surface area contributed by atoms with Crippen molar-refractivity contribution in [1.82, 2.24) is 9.44 Å². The molecule has 0 radical (unpaired) electrons. The summed E-state index contributed by atoms with van der Waals surface area (Å²) >= 11 is 21.8. The molecule has 0 saturated heterocycles. The third-order valence-corrected chi connectivity index (χ3v) is 21.8. The van der Waals surface area contributed by atoms with Crippen molar-refractivity contribution in [1.29, 1.82) is 0 Å². The first kappa shape index (κ1) is 86.3. The topological polar surface area (TPSA) is 230 Å². The van der Waals surface area contributed by atoms with Crippen molar-refractivity contribution in [2.75, 3.05) is 19.8 Å². The van der Waals surface area contributed by atoms with Crippen LogP contribution in [0, 0.1) is 0 Å². The quantitative estimate of drug-likeness (QED) is 0.0326. The van der Waals surface area contributed by atoms with Crippen LogP contribution in [0.5, 0.6) is 0 Å². The molecule has 0 saturated carbocycles. The zero-order chi connectivity index (χ0) is 68.3. The Morgan fingerprint density at radius 3 is 1.19 bits per heavy atom. The van der Waals surface area contributed by atoms with E-state index in [1.807, 2.05) is 220 Å². The second kappa shape index (κ2) is 39.9. The molecule has 0 aliphatic rings. The van der Waals surface area contributed by atoms with Gasteiger partial charge in [0.2, 0.25) is 0 Å². The molecule has 5 rings (SSSR count). The standard InChI is InChI=1S/C14H22BrNO2S.C14H22BrNOS.C12H16BrNOS.C11H12BrNOS.C10H14BrNO.C4H11NOS/c1-13(2,3)19(18)16-14(4,8-9-17)11-6-5-7-12(15)10-11;1-6-14(5,16-18(17)13(2,3)4)11-8-7-9-12(15)10-11;1-9(14-16(15)12(2,3)4)10-6-5-7-11(13)8-10;1-11(5-6-14,13-8-15)9-3-2-4-10(12)7-9;1-10(12,5-6-13)8-3-2-4-9(11)7-8;1-4(2,3)7(5)6/h5-7,10,16-17H,8-9H2,1-4H3;7-10,16H,6H2,1-5H3;5-8H,1-4H3;2-4,7,14H,5-6H2,1H3;2-4,7,13H,5-6,12H2,1H3;5H2,1-3H3/t14-,19+;14-,18+;16-;11-;10-;7-/m001001/s1. The van der Waals surface area contributed by atoms with E-state index >= 15 is 0 Å². The van der Waals surface area contributed by atoms with Gasteiger partial charge in [-0.05, 0) is 238 Å². The van der Waals surface area contributed by atoms with Gasteiger partial charge in [0.25, 0.3) is 0 Å². The number of isothiocyanates is 1. The van der Waals surface area contributed by atoms with Gasteiger partial charge < -0.3 is 21.1 Å². The molecule has 494 valence electrons. The minimum Gasteiger partial charge on any atom is -0.396 e. The van der Waals surface area contributed by atoms with Crippen LogP contribution >= 0.6 is 91.9 Å². The van der Waals surface area contributed by atoms with Crippen molar-refractivity contribution >= 4 is 147 Å². The molecule has 23 heteroatoms. The number of rotatable bonds is 18. The number of nitrogens with one attached hydrogen (secondary N) is 2. The van der Waals surface area contributed by atoms with Crippen molar-refractivity contribution in [2.45, 2.75) is 191 Å². The number of benzene rings is 5. The highest BCUT2D eigenvalue weighted by Crippen LogP contribution is 2.33. The predicted octanol–water partition coefficient (Wildman–Crippen LogP) is 16.5. The first-order valence-corrected chi connectivity index (χ1v) is 37.3. The van der Waals surface area contributed by atoms with Gasteiger partial charge >= 0.3 is 0 Å². The Labute approximate surface area is 585 Å². The third-order valence-electron chi connectivity index (χ3n) is 13.0. The zero-order valence-electron chi connectivity index (χ0n) is 54.5. The number of thiocarbonyl (C=S) groups is 1. The molecule has 5 aromatic rings. The van der Waals surface area contributed by atoms with Gasteiger partial charge in [-0.15, -0.1) is 0 Å². The fraction of sp³-hybridized carbons (Fsp3) is 0.508. The lowest BCUT2D eigenvalue weighted by atomic mass is 9.90. The van der Waals surface area contributed by atoms with Crippen LogP contribution < -0.4 is 20.3 Å². The molecule has 0 fully saturated rings. The van der Waals surface area contributed by atoms with Crippen molar-refractivity contribution < 1.29 is 32.2 Å². The maximum atomic E-state index is 12.3. The zero-order valence-corrected chi connectivity index (χ0v) is 66.5. The number of halogens is 5. The number of aliphatic hydroxyl groups excluding tert-OH is 3. The highest BCUT2D eigenvalue weighted by molar-refractivity contribution is 9.11. The summed E-state index contributed by atoms with van der Waals surface area (Å²) in [6, 6.07) is 39.5. The normalized spacial score (nSPS) is 15.9. The molecule has 88 heavy (non-hydrogen) atoms. The van der Waals surface area contributed by atoms with Crippen LogP contribution in [0.1, 0.15) is 178 Å². The Morgan fingerprint density at radius 1 is 0.511 bits per heavy atom. The van der Waals surface area contributed by atoms with Crippen molar-refractivity contribution in [3.8, 4) is 0 Å². The lowest BCUT2D eigenvalue weighted by Crippen LogP contribution is -2.46. The maximum absolute atomic E-state index is 12.3. The van der Waals surface area contributed by atoms with Gasteiger partial charge in [0.1, 0.15) is 11.0 Å². The number of hydrogen-bond acceptors (Lipinski definition) is 10. The smallest absolute Gasteiger partial charge is 0.145 e. The fourth-order valence-corrected chi connectivity index (χ4v) is 11.6. The molecule has 0 spiro atoms. The molecule has 13 nitrogen and oxygen atoms in total. The van der Waals surface area contributed by atoms with Crippen LogP contribution in [-0.2, 0) is 66.1 Å². The average molecular weight is 1630 g/mol. The number of nitrogens with two attached hydrogens (primary N) is 2. The van der Waals surface area contributed by atoms with Crippen LogP contribution in [0.2, 0.25) is 0 Å². The minimum absolute atomic E-state index is 0.0390. The van der Waals surface area contributed by atoms with E-state index in [1.165, 1.54) is 0 Å². The van der Waals surface area contributed by atoms with Crippen molar-refractivity contribution in [3.63, 3.8) is 0 Å². The van der Waals surface area contributed by atoms with E-state index in [9.17, 15) is 21.9 Å². The molecule has 0 aliphatic heterocycles. The molecule has 0 amide bonds. The summed E-state index contributed by atoms with van der Waals surface area (Å²) < 4.78 is 61.3. The van der Waals surface area contributed by atoms with Crippen LogP contribution in [0.15, 0.2) is 153 Å². The first-order chi connectivity index (χ1) is 40.3. The molecule has 9 N–H and O–H groups in total. The van der Waals surface area contributed by atoms with Gasteiger partial charge in [-0.25, -0.2) is 31.3 Å².